The molecule has 0 aliphatic carbocycles. The van der Waals surface area contributed by atoms with Crippen LogP contribution in [0.15, 0.2) is 42.7 Å². The smallest absolute Gasteiger partial charge is 0.258 e. The lowest BCUT2D eigenvalue weighted by molar-refractivity contribution is -0.384. The first-order chi connectivity index (χ1) is 9.22. The summed E-state index contributed by atoms with van der Waals surface area (Å²) < 4.78 is 1.51. The highest BCUT2D eigenvalue weighted by Gasteiger charge is 2.14. The molecule has 98 valence electrons. The van der Waals surface area contributed by atoms with Crippen LogP contribution in [-0.2, 0) is 0 Å². The van der Waals surface area contributed by atoms with Crippen LogP contribution in [0.5, 0.6) is 0 Å². The van der Waals surface area contributed by atoms with Crippen molar-refractivity contribution in [3.8, 4) is 5.69 Å². The quantitative estimate of drug-likeness (QED) is 0.518. The summed E-state index contributed by atoms with van der Waals surface area (Å²) in [7, 11) is 0. The average molecular weight is 275 g/mol. The molecule has 0 N–H and O–H groups in total. The molecule has 6 heteroatoms. The molecule has 0 saturated heterocycles. The number of allylic oxidation sites excluding steroid dienone is 1. The number of benzene rings is 1. The number of hydrogen-bond acceptors (Lipinski definition) is 4. The molecule has 0 radical (unpaired) electrons. The second-order valence-electron chi connectivity index (χ2n) is 3.88. The minimum absolute atomic E-state index is 0.0384. The van der Waals surface area contributed by atoms with Gasteiger partial charge in [-0.1, -0.05) is 24.3 Å². The van der Waals surface area contributed by atoms with Crippen LogP contribution < -0.4 is 0 Å². The molecule has 19 heavy (non-hydrogen) atoms. The van der Waals surface area contributed by atoms with Crippen molar-refractivity contribution in [2.24, 2.45) is 0 Å². The molecule has 2 aromatic rings. The summed E-state index contributed by atoms with van der Waals surface area (Å²) in [4.78, 5) is 10.5. The molecule has 0 spiro atoms. The average Bonchev–Trinajstić information content (AvgIpc) is 2.88. The van der Waals surface area contributed by atoms with Crippen molar-refractivity contribution in [1.29, 1.82) is 0 Å². The number of nitro benzene ring substituents is 1. The zero-order valence-electron chi connectivity index (χ0n) is 10.1. The third-order valence-corrected chi connectivity index (χ3v) is 2.79. The number of nitro groups is 1. The van der Waals surface area contributed by atoms with Crippen molar-refractivity contribution in [2.45, 2.75) is 6.42 Å². The highest BCUT2D eigenvalue weighted by Crippen LogP contribution is 2.21. The van der Waals surface area contributed by atoms with E-state index in [-0.39, 0.29) is 5.69 Å². The van der Waals surface area contributed by atoms with Gasteiger partial charge in [0.2, 0.25) is 0 Å². The first-order valence-electron chi connectivity index (χ1n) is 5.78. The van der Waals surface area contributed by atoms with Gasteiger partial charge in [-0.05, 0) is 18.2 Å². The molecule has 1 heterocycles. The van der Waals surface area contributed by atoms with Crippen LogP contribution in [0.2, 0.25) is 0 Å². The number of para-hydroxylation sites is 2. The minimum Gasteiger partial charge on any atom is -0.258 e. The molecule has 0 aliphatic heterocycles. The van der Waals surface area contributed by atoms with Gasteiger partial charge in [0, 0.05) is 17.8 Å². The predicted octanol–water partition coefficient (Wildman–Crippen LogP) is 3.11. The largest absolute Gasteiger partial charge is 0.294 e. The van der Waals surface area contributed by atoms with Crippen LogP contribution in [0, 0.1) is 10.1 Å². The van der Waals surface area contributed by atoms with Crippen molar-refractivity contribution in [1.82, 2.24) is 9.78 Å². The van der Waals surface area contributed by atoms with E-state index in [1.165, 1.54) is 10.7 Å². The van der Waals surface area contributed by atoms with Crippen molar-refractivity contribution in [2.75, 3.05) is 5.75 Å². The highest BCUT2D eigenvalue weighted by molar-refractivity contribution is 7.80. The summed E-state index contributed by atoms with van der Waals surface area (Å²) in [6.07, 6.45) is 8.23. The van der Waals surface area contributed by atoms with E-state index < -0.39 is 4.92 Å². The first kappa shape index (κ1) is 13.4. The fourth-order valence-corrected chi connectivity index (χ4v) is 1.81. The van der Waals surface area contributed by atoms with Crippen LogP contribution in [0.25, 0.3) is 11.8 Å². The van der Waals surface area contributed by atoms with E-state index in [2.05, 4.69) is 17.7 Å². The fourth-order valence-electron chi connectivity index (χ4n) is 1.66. The first-order valence-corrected chi connectivity index (χ1v) is 6.41. The van der Waals surface area contributed by atoms with Gasteiger partial charge in [-0.25, -0.2) is 4.68 Å². The Labute approximate surface area is 116 Å². The van der Waals surface area contributed by atoms with Gasteiger partial charge in [-0.3, -0.25) is 10.1 Å². The van der Waals surface area contributed by atoms with Crippen LogP contribution in [0.4, 0.5) is 5.69 Å². The minimum atomic E-state index is -0.409. The third-order valence-electron chi connectivity index (χ3n) is 2.53. The van der Waals surface area contributed by atoms with Crippen molar-refractivity contribution in [3.05, 3.63) is 58.4 Å². The molecule has 0 aliphatic rings. The normalized spacial score (nSPS) is 11.0. The van der Waals surface area contributed by atoms with E-state index in [0.717, 1.165) is 17.7 Å². The Morgan fingerprint density at radius 2 is 2.21 bits per heavy atom. The summed E-state index contributed by atoms with van der Waals surface area (Å²) in [6.45, 7) is 0. The Kier molecular flexibility index (Phi) is 4.35. The lowest BCUT2D eigenvalue weighted by atomic mass is 10.2. The van der Waals surface area contributed by atoms with E-state index in [0.29, 0.717) is 5.69 Å². The number of hydrogen-bond donors (Lipinski definition) is 1. The molecule has 2 rings (SSSR count). The molecule has 1 aromatic carbocycles. The zero-order valence-corrected chi connectivity index (χ0v) is 11.0. The van der Waals surface area contributed by atoms with Gasteiger partial charge in [0.1, 0.15) is 5.69 Å². The van der Waals surface area contributed by atoms with E-state index >= 15 is 0 Å². The maximum absolute atomic E-state index is 11.0. The van der Waals surface area contributed by atoms with Crippen molar-refractivity contribution in [3.63, 3.8) is 0 Å². The van der Waals surface area contributed by atoms with Crippen LogP contribution in [-0.4, -0.2) is 20.5 Å². The Morgan fingerprint density at radius 3 is 2.95 bits per heavy atom. The monoisotopic (exact) mass is 275 g/mol. The van der Waals surface area contributed by atoms with E-state index in [9.17, 15) is 10.1 Å². The summed E-state index contributed by atoms with van der Waals surface area (Å²) in [6, 6.07) is 6.53. The predicted molar refractivity (Wildman–Crippen MR) is 77.7 cm³/mol. The molecule has 1 aromatic heterocycles. The van der Waals surface area contributed by atoms with Gasteiger partial charge in [0.15, 0.2) is 0 Å². The van der Waals surface area contributed by atoms with Crippen LogP contribution >= 0.6 is 12.6 Å². The number of rotatable bonds is 5. The molecule has 5 nitrogen and oxygen atoms in total. The number of nitrogens with zero attached hydrogens (tertiary/aromatic N) is 3. The second kappa shape index (κ2) is 6.19. The number of aromatic nitrogens is 2. The molecule has 0 amide bonds. The Balaban J connectivity index is 2.30. The Hall–Kier alpha value is -2.08. The standard InChI is InChI=1S/C13H13N3O2S/c17-16(18)13-7-2-1-6-12(13)15-10-11(9-14-15)5-3-4-8-19/h1-3,5-7,9-10,19H,4,8H2. The SMILES string of the molecule is O=[N+]([O-])c1ccccc1-n1cc(C=CCCS)cn1. The zero-order chi connectivity index (χ0) is 13.7. The maximum Gasteiger partial charge on any atom is 0.294 e. The summed E-state index contributed by atoms with van der Waals surface area (Å²) in [5.74, 6) is 0.787. The topological polar surface area (TPSA) is 61.0 Å². The maximum atomic E-state index is 11.0. The Bertz CT molecular complexity index is 607. The number of thiol groups is 1. The van der Waals surface area contributed by atoms with Crippen LogP contribution in [0.1, 0.15) is 12.0 Å². The summed E-state index contributed by atoms with van der Waals surface area (Å²) in [5.41, 5.74) is 1.40. The molecule has 0 fully saturated rings. The molecule has 0 bridgehead atoms. The van der Waals surface area contributed by atoms with Gasteiger partial charge < -0.3 is 0 Å². The van der Waals surface area contributed by atoms with Gasteiger partial charge in [0.05, 0.1) is 11.1 Å². The summed E-state index contributed by atoms with van der Waals surface area (Å²) >= 11 is 4.12. The molecule has 0 saturated carbocycles. The van der Waals surface area contributed by atoms with Crippen LogP contribution in [0.3, 0.4) is 0 Å². The van der Waals surface area contributed by atoms with Gasteiger partial charge in [-0.2, -0.15) is 17.7 Å². The highest BCUT2D eigenvalue weighted by atomic mass is 32.1. The molecule has 0 atom stereocenters. The van der Waals surface area contributed by atoms with Crippen molar-refractivity contribution < 1.29 is 4.92 Å². The fraction of sp³-hybridized carbons (Fsp3) is 0.154. The second-order valence-corrected chi connectivity index (χ2v) is 4.33. The van der Waals surface area contributed by atoms with Gasteiger partial charge >= 0.3 is 0 Å². The summed E-state index contributed by atoms with van der Waals surface area (Å²) in [5, 5.41) is 15.1. The van der Waals surface area contributed by atoms with Gasteiger partial charge in [-0.15, -0.1) is 0 Å². The molecular formula is C13H13N3O2S. The Morgan fingerprint density at radius 1 is 1.42 bits per heavy atom. The third kappa shape index (κ3) is 3.23. The van der Waals surface area contributed by atoms with E-state index in [1.807, 2.05) is 12.2 Å². The van der Waals surface area contributed by atoms with Gasteiger partial charge in [0.25, 0.3) is 5.69 Å². The van der Waals surface area contributed by atoms with E-state index in [4.69, 9.17) is 0 Å². The lowest BCUT2D eigenvalue weighted by Crippen LogP contribution is -1.99. The van der Waals surface area contributed by atoms with E-state index in [1.54, 1.807) is 30.6 Å². The van der Waals surface area contributed by atoms with Crippen molar-refractivity contribution >= 4 is 24.4 Å². The lowest BCUT2D eigenvalue weighted by Gasteiger charge is -2.01. The molecular weight excluding hydrogens is 262 g/mol. The molecule has 0 unspecified atom stereocenters.